The predicted octanol–water partition coefficient (Wildman–Crippen LogP) is 4.06. The Balaban J connectivity index is 1.77. The Morgan fingerprint density at radius 3 is 2.47 bits per heavy atom. The first kappa shape index (κ1) is 24.5. The number of Topliss-reactive ketones (excluding diaryl/α,β-unsaturated/α-hetero) is 1. The molecule has 1 N–H and O–H groups in total. The van der Waals surface area contributed by atoms with Crippen LogP contribution in [-0.2, 0) is 14.3 Å². The summed E-state index contributed by atoms with van der Waals surface area (Å²) >= 11 is 12.4. The Bertz CT molecular complexity index is 1140. The second kappa shape index (κ2) is 10.4. The molecule has 7 nitrogen and oxygen atoms in total. The predicted molar refractivity (Wildman–Crippen MR) is 130 cm³/mol. The topological polar surface area (TPSA) is 79.3 Å². The number of benzene rings is 2. The molecule has 9 heteroatoms. The number of hydrogen-bond donors (Lipinski definition) is 1. The highest BCUT2D eigenvalue weighted by Gasteiger charge is 2.46. The molecule has 4 rings (SSSR count). The zero-order valence-electron chi connectivity index (χ0n) is 19.0. The highest BCUT2D eigenvalue weighted by atomic mass is 35.5. The lowest BCUT2D eigenvalue weighted by Gasteiger charge is -2.31. The first-order valence-corrected chi connectivity index (χ1v) is 11.8. The van der Waals surface area contributed by atoms with Crippen LogP contribution in [0.2, 0.25) is 10.0 Å². The molecule has 180 valence electrons. The van der Waals surface area contributed by atoms with Crippen molar-refractivity contribution in [2.45, 2.75) is 13.0 Å². The number of aryl methyl sites for hydroxylation is 1. The smallest absolute Gasteiger partial charge is 0.295 e. The van der Waals surface area contributed by atoms with Gasteiger partial charge in [-0.25, -0.2) is 0 Å². The third-order valence-corrected chi connectivity index (χ3v) is 6.97. The third-order valence-electron chi connectivity index (χ3n) is 6.23. The highest BCUT2D eigenvalue weighted by Crippen LogP contribution is 2.41. The minimum atomic E-state index is -0.793. The SMILES string of the molecule is COc1ccc(/C(O)=C2\C(=O)C(=O)N(CCN3CCOCC3)C2c2ccc(Cl)c(Cl)c2)cc1C. The first-order valence-electron chi connectivity index (χ1n) is 11.0. The van der Waals surface area contributed by atoms with Gasteiger partial charge in [-0.15, -0.1) is 0 Å². The molecule has 0 aliphatic carbocycles. The average molecular weight is 505 g/mol. The summed E-state index contributed by atoms with van der Waals surface area (Å²) in [6.45, 7) is 5.51. The maximum atomic E-state index is 13.2. The summed E-state index contributed by atoms with van der Waals surface area (Å²) in [7, 11) is 1.56. The van der Waals surface area contributed by atoms with Crippen LogP contribution in [0.25, 0.3) is 5.76 Å². The third kappa shape index (κ3) is 4.79. The molecule has 2 aliphatic rings. The number of aliphatic hydroxyl groups excluding tert-OH is 1. The summed E-state index contributed by atoms with van der Waals surface area (Å²) in [6, 6.07) is 9.29. The van der Waals surface area contributed by atoms with E-state index in [-0.39, 0.29) is 11.3 Å². The molecule has 1 unspecified atom stereocenters. The van der Waals surface area contributed by atoms with Gasteiger partial charge in [0.1, 0.15) is 11.5 Å². The molecule has 2 fully saturated rings. The van der Waals surface area contributed by atoms with E-state index in [1.807, 2.05) is 6.92 Å². The van der Waals surface area contributed by atoms with E-state index < -0.39 is 17.7 Å². The number of nitrogens with zero attached hydrogens (tertiary/aromatic N) is 2. The van der Waals surface area contributed by atoms with Crippen LogP contribution in [-0.4, -0.2) is 73.1 Å². The molecule has 1 atom stereocenters. The van der Waals surface area contributed by atoms with Crippen molar-refractivity contribution in [1.29, 1.82) is 0 Å². The van der Waals surface area contributed by atoms with E-state index in [4.69, 9.17) is 32.7 Å². The maximum Gasteiger partial charge on any atom is 0.295 e. The molecule has 2 aliphatic heterocycles. The van der Waals surface area contributed by atoms with Crippen molar-refractivity contribution < 1.29 is 24.2 Å². The Kier molecular flexibility index (Phi) is 7.48. The molecule has 2 aromatic rings. The van der Waals surface area contributed by atoms with E-state index in [0.29, 0.717) is 53.2 Å². The normalized spacial score (nSPS) is 20.7. The van der Waals surface area contributed by atoms with Crippen LogP contribution in [0.15, 0.2) is 42.0 Å². The summed E-state index contributed by atoms with van der Waals surface area (Å²) in [5.41, 5.74) is 1.84. The van der Waals surface area contributed by atoms with Crippen LogP contribution in [0.3, 0.4) is 0 Å². The van der Waals surface area contributed by atoms with Gasteiger partial charge >= 0.3 is 0 Å². The molecule has 0 bridgehead atoms. The largest absolute Gasteiger partial charge is 0.507 e. The molecule has 1 amide bonds. The Morgan fingerprint density at radius 1 is 1.09 bits per heavy atom. The van der Waals surface area contributed by atoms with Gasteiger partial charge in [-0.05, 0) is 48.4 Å². The molecule has 0 saturated carbocycles. The molecule has 0 radical (unpaired) electrons. The van der Waals surface area contributed by atoms with E-state index in [1.54, 1.807) is 43.5 Å². The number of hydrogen-bond acceptors (Lipinski definition) is 6. The van der Waals surface area contributed by atoms with Crippen molar-refractivity contribution in [3.63, 3.8) is 0 Å². The maximum absolute atomic E-state index is 13.2. The van der Waals surface area contributed by atoms with Gasteiger partial charge in [0.25, 0.3) is 11.7 Å². The van der Waals surface area contributed by atoms with Crippen molar-refractivity contribution in [2.75, 3.05) is 46.5 Å². The van der Waals surface area contributed by atoms with Crippen LogP contribution in [0, 0.1) is 6.92 Å². The van der Waals surface area contributed by atoms with E-state index in [0.717, 1.165) is 18.7 Å². The molecular formula is C25H26Cl2N2O5. The van der Waals surface area contributed by atoms with Crippen molar-refractivity contribution in [2.24, 2.45) is 0 Å². The average Bonchev–Trinajstić information content (AvgIpc) is 3.09. The molecular weight excluding hydrogens is 479 g/mol. The number of halogens is 2. The van der Waals surface area contributed by atoms with Crippen molar-refractivity contribution in [3.05, 3.63) is 68.7 Å². The second-order valence-corrected chi connectivity index (χ2v) is 9.12. The number of carbonyl (C=O) groups is 2. The van der Waals surface area contributed by atoms with Crippen LogP contribution in [0.5, 0.6) is 5.75 Å². The van der Waals surface area contributed by atoms with Gasteiger partial charge in [0.05, 0.1) is 42.0 Å². The van der Waals surface area contributed by atoms with Gasteiger partial charge in [0.2, 0.25) is 0 Å². The number of carbonyl (C=O) groups excluding carboxylic acids is 2. The van der Waals surface area contributed by atoms with E-state index >= 15 is 0 Å². The van der Waals surface area contributed by atoms with Gasteiger partial charge in [-0.1, -0.05) is 29.3 Å². The summed E-state index contributed by atoms with van der Waals surface area (Å²) in [5, 5.41) is 11.9. The van der Waals surface area contributed by atoms with Crippen LogP contribution < -0.4 is 4.74 Å². The van der Waals surface area contributed by atoms with E-state index in [9.17, 15) is 14.7 Å². The van der Waals surface area contributed by atoms with Gasteiger partial charge in [-0.2, -0.15) is 0 Å². The number of ether oxygens (including phenoxy) is 2. The minimum absolute atomic E-state index is 0.0231. The fraction of sp³-hybridized carbons (Fsp3) is 0.360. The highest BCUT2D eigenvalue weighted by molar-refractivity contribution is 6.46. The van der Waals surface area contributed by atoms with E-state index in [2.05, 4.69) is 4.90 Å². The number of morpholine rings is 1. The fourth-order valence-electron chi connectivity index (χ4n) is 4.39. The van der Waals surface area contributed by atoms with Gasteiger partial charge in [0.15, 0.2) is 0 Å². The number of aliphatic hydroxyl groups is 1. The standard InChI is InChI=1S/C25H26Cl2N2O5/c1-15-13-17(4-6-20(15)33-2)23(30)21-22(16-3-5-18(26)19(27)14-16)29(25(32)24(21)31)8-7-28-9-11-34-12-10-28/h3-6,13-14,22,30H,7-12H2,1-2H3/b23-21+. The Morgan fingerprint density at radius 2 is 1.82 bits per heavy atom. The quantitative estimate of drug-likeness (QED) is 0.363. The lowest BCUT2D eigenvalue weighted by Crippen LogP contribution is -2.42. The molecule has 2 aromatic carbocycles. The molecule has 34 heavy (non-hydrogen) atoms. The van der Waals surface area contributed by atoms with Crippen LogP contribution in [0.1, 0.15) is 22.7 Å². The zero-order chi connectivity index (χ0) is 24.4. The number of methoxy groups -OCH3 is 1. The van der Waals surface area contributed by atoms with Crippen molar-refractivity contribution in [1.82, 2.24) is 9.80 Å². The zero-order valence-corrected chi connectivity index (χ0v) is 20.5. The monoisotopic (exact) mass is 504 g/mol. The summed E-state index contributed by atoms with van der Waals surface area (Å²) < 4.78 is 10.7. The summed E-state index contributed by atoms with van der Waals surface area (Å²) in [6.07, 6.45) is 0. The number of likely N-dealkylation sites (tertiary alicyclic amines) is 1. The van der Waals surface area contributed by atoms with E-state index in [1.165, 1.54) is 4.90 Å². The lowest BCUT2D eigenvalue weighted by molar-refractivity contribution is -0.140. The first-order chi connectivity index (χ1) is 16.3. The Labute approximate surface area is 208 Å². The molecule has 2 heterocycles. The van der Waals surface area contributed by atoms with Crippen molar-refractivity contribution in [3.8, 4) is 5.75 Å². The summed E-state index contributed by atoms with van der Waals surface area (Å²) in [4.78, 5) is 30.0. The lowest BCUT2D eigenvalue weighted by atomic mass is 9.94. The Hall–Kier alpha value is -2.58. The number of amides is 1. The van der Waals surface area contributed by atoms with Crippen LogP contribution >= 0.6 is 23.2 Å². The summed E-state index contributed by atoms with van der Waals surface area (Å²) in [5.74, 6) is -0.974. The molecule has 2 saturated heterocycles. The van der Waals surface area contributed by atoms with Gasteiger partial charge < -0.3 is 19.5 Å². The van der Waals surface area contributed by atoms with Gasteiger partial charge in [0, 0.05) is 31.7 Å². The number of rotatable bonds is 6. The van der Waals surface area contributed by atoms with Crippen molar-refractivity contribution >= 4 is 40.7 Å². The molecule has 0 aromatic heterocycles. The van der Waals surface area contributed by atoms with Gasteiger partial charge in [-0.3, -0.25) is 14.5 Å². The molecule has 0 spiro atoms. The number of ketones is 1. The minimum Gasteiger partial charge on any atom is -0.507 e. The fourth-order valence-corrected chi connectivity index (χ4v) is 4.70. The second-order valence-electron chi connectivity index (χ2n) is 8.30. The van der Waals surface area contributed by atoms with Crippen LogP contribution in [0.4, 0.5) is 0 Å².